The zero-order chi connectivity index (χ0) is 10.5. The van der Waals surface area contributed by atoms with Crippen molar-refractivity contribution in [3.8, 4) is 0 Å². The first kappa shape index (κ1) is 13.1. The standard InChI is InChI=1S/C11H23NS/c1-7-8-11(5,9(2)3)10(4)13-12-6/h7-10,12H,1-6H3/b8-7-. The topological polar surface area (TPSA) is 12.0 Å². The van der Waals surface area contributed by atoms with Crippen LogP contribution in [0.25, 0.3) is 0 Å². The third-order valence-corrected chi connectivity index (χ3v) is 4.04. The molecule has 2 atom stereocenters. The molecule has 0 amide bonds. The van der Waals surface area contributed by atoms with Crippen molar-refractivity contribution in [3.63, 3.8) is 0 Å². The van der Waals surface area contributed by atoms with Crippen LogP contribution in [0.1, 0.15) is 34.6 Å². The molecule has 0 fully saturated rings. The summed E-state index contributed by atoms with van der Waals surface area (Å²) >= 11 is 1.81. The Kier molecular flexibility index (Phi) is 5.73. The van der Waals surface area contributed by atoms with Crippen molar-refractivity contribution in [2.45, 2.75) is 39.9 Å². The highest BCUT2D eigenvalue weighted by Gasteiger charge is 2.31. The highest BCUT2D eigenvalue weighted by Crippen LogP contribution is 2.38. The zero-order valence-electron chi connectivity index (χ0n) is 9.72. The van der Waals surface area contributed by atoms with Crippen molar-refractivity contribution in [2.75, 3.05) is 7.05 Å². The molecule has 1 nitrogen and oxygen atoms in total. The van der Waals surface area contributed by atoms with Crippen molar-refractivity contribution in [1.29, 1.82) is 0 Å². The molecule has 0 aromatic carbocycles. The molecule has 0 aliphatic heterocycles. The molecule has 0 aliphatic carbocycles. The van der Waals surface area contributed by atoms with Crippen LogP contribution in [0, 0.1) is 11.3 Å². The Morgan fingerprint density at radius 1 is 1.31 bits per heavy atom. The van der Waals surface area contributed by atoms with Gasteiger partial charge in [0.2, 0.25) is 0 Å². The van der Waals surface area contributed by atoms with Crippen molar-refractivity contribution in [1.82, 2.24) is 4.72 Å². The first-order valence-corrected chi connectivity index (χ1v) is 5.83. The Balaban J connectivity index is 4.57. The lowest BCUT2D eigenvalue weighted by Crippen LogP contribution is -2.32. The van der Waals surface area contributed by atoms with Gasteiger partial charge in [0.25, 0.3) is 0 Å². The second-order valence-electron chi connectivity index (χ2n) is 3.98. The van der Waals surface area contributed by atoms with Crippen LogP contribution in [0.2, 0.25) is 0 Å². The summed E-state index contributed by atoms with van der Waals surface area (Å²) in [5, 5.41) is 0.591. The lowest BCUT2D eigenvalue weighted by molar-refractivity contribution is 0.296. The maximum absolute atomic E-state index is 3.17. The van der Waals surface area contributed by atoms with Gasteiger partial charge in [-0.3, -0.25) is 4.72 Å². The van der Waals surface area contributed by atoms with Gasteiger partial charge < -0.3 is 0 Å². The van der Waals surface area contributed by atoms with E-state index in [1.807, 2.05) is 7.05 Å². The molecule has 0 radical (unpaired) electrons. The summed E-state index contributed by atoms with van der Waals surface area (Å²) in [5.41, 5.74) is 0.280. The fraction of sp³-hybridized carbons (Fsp3) is 0.818. The van der Waals surface area contributed by atoms with Crippen LogP contribution >= 0.6 is 11.9 Å². The van der Waals surface area contributed by atoms with E-state index in [-0.39, 0.29) is 5.41 Å². The molecule has 0 aliphatic rings. The van der Waals surface area contributed by atoms with Crippen molar-refractivity contribution >= 4 is 11.9 Å². The fourth-order valence-corrected chi connectivity index (χ4v) is 2.42. The lowest BCUT2D eigenvalue weighted by atomic mass is 9.76. The third-order valence-electron chi connectivity index (χ3n) is 2.94. The van der Waals surface area contributed by atoms with Gasteiger partial charge in [-0.2, -0.15) is 0 Å². The number of nitrogens with one attached hydrogen (secondary N) is 1. The molecule has 2 unspecified atom stereocenters. The maximum atomic E-state index is 3.17. The lowest BCUT2D eigenvalue weighted by Gasteiger charge is -2.36. The normalized spacial score (nSPS) is 19.3. The van der Waals surface area contributed by atoms with Crippen molar-refractivity contribution in [3.05, 3.63) is 12.2 Å². The molecule has 0 bridgehead atoms. The quantitative estimate of drug-likeness (QED) is 0.540. The molecule has 78 valence electrons. The van der Waals surface area contributed by atoms with Crippen LogP contribution in [-0.2, 0) is 0 Å². The molecule has 1 N–H and O–H groups in total. The Bertz CT molecular complexity index is 165. The summed E-state index contributed by atoms with van der Waals surface area (Å²) in [6, 6.07) is 0. The van der Waals surface area contributed by atoms with E-state index in [9.17, 15) is 0 Å². The predicted octanol–water partition coefficient (Wildman–Crippen LogP) is 3.48. The van der Waals surface area contributed by atoms with E-state index in [0.717, 1.165) is 0 Å². The average molecular weight is 201 g/mol. The number of hydrogen-bond donors (Lipinski definition) is 1. The highest BCUT2D eigenvalue weighted by molar-refractivity contribution is 7.98. The number of hydrogen-bond acceptors (Lipinski definition) is 2. The molecular formula is C11H23NS. The van der Waals surface area contributed by atoms with Crippen LogP contribution < -0.4 is 4.72 Å². The van der Waals surface area contributed by atoms with Gasteiger partial charge in [-0.05, 0) is 19.9 Å². The van der Waals surface area contributed by atoms with Crippen LogP contribution in [-0.4, -0.2) is 12.3 Å². The molecule has 0 saturated heterocycles. The smallest absolute Gasteiger partial charge is 0.0255 e. The average Bonchev–Trinajstić information content (AvgIpc) is 2.04. The first-order chi connectivity index (χ1) is 5.99. The maximum Gasteiger partial charge on any atom is 0.0255 e. The third kappa shape index (κ3) is 3.35. The van der Waals surface area contributed by atoms with Gasteiger partial charge in [0.15, 0.2) is 0 Å². The summed E-state index contributed by atoms with van der Waals surface area (Å²) in [6.45, 7) is 11.3. The molecular weight excluding hydrogens is 178 g/mol. The van der Waals surface area contributed by atoms with E-state index in [0.29, 0.717) is 11.2 Å². The SMILES string of the molecule is C/C=C\C(C)(C(C)C)C(C)SNC. The first-order valence-electron chi connectivity index (χ1n) is 4.95. The molecule has 2 heteroatoms. The number of rotatable bonds is 5. The highest BCUT2D eigenvalue weighted by atomic mass is 32.2. The molecule has 0 aromatic rings. The second kappa shape index (κ2) is 5.71. The van der Waals surface area contributed by atoms with Gasteiger partial charge >= 0.3 is 0 Å². The summed E-state index contributed by atoms with van der Waals surface area (Å²) in [7, 11) is 1.98. The Hall–Kier alpha value is 0.0500. The van der Waals surface area contributed by atoms with E-state index in [1.165, 1.54) is 0 Å². The Morgan fingerprint density at radius 3 is 2.15 bits per heavy atom. The van der Waals surface area contributed by atoms with E-state index >= 15 is 0 Å². The summed E-state index contributed by atoms with van der Waals surface area (Å²) in [6.07, 6.45) is 4.49. The van der Waals surface area contributed by atoms with Gasteiger partial charge in [-0.1, -0.05) is 51.8 Å². The predicted molar refractivity (Wildman–Crippen MR) is 63.9 cm³/mol. The molecule has 0 heterocycles. The van der Waals surface area contributed by atoms with Crippen LogP contribution in [0.5, 0.6) is 0 Å². The van der Waals surface area contributed by atoms with Crippen molar-refractivity contribution in [2.24, 2.45) is 11.3 Å². The molecule has 13 heavy (non-hydrogen) atoms. The molecule has 0 saturated carbocycles. The van der Waals surface area contributed by atoms with Gasteiger partial charge in [0, 0.05) is 10.7 Å². The minimum absolute atomic E-state index is 0.280. The van der Waals surface area contributed by atoms with Crippen LogP contribution in [0.3, 0.4) is 0 Å². The minimum atomic E-state index is 0.280. The summed E-state index contributed by atoms with van der Waals surface area (Å²) < 4.78 is 3.17. The molecule has 0 aromatic heterocycles. The molecule has 0 spiro atoms. The Morgan fingerprint density at radius 2 is 1.85 bits per heavy atom. The second-order valence-corrected chi connectivity index (χ2v) is 5.34. The van der Waals surface area contributed by atoms with E-state index in [4.69, 9.17) is 0 Å². The summed E-state index contributed by atoms with van der Waals surface area (Å²) in [4.78, 5) is 0. The van der Waals surface area contributed by atoms with Gasteiger partial charge in [-0.25, -0.2) is 0 Å². The summed E-state index contributed by atoms with van der Waals surface area (Å²) in [5.74, 6) is 0.666. The Labute approximate surface area is 87.5 Å². The van der Waals surface area contributed by atoms with E-state index < -0.39 is 0 Å². The zero-order valence-corrected chi connectivity index (χ0v) is 10.5. The minimum Gasteiger partial charge on any atom is -0.267 e. The van der Waals surface area contributed by atoms with Crippen molar-refractivity contribution < 1.29 is 0 Å². The van der Waals surface area contributed by atoms with E-state index in [1.54, 1.807) is 11.9 Å². The van der Waals surface area contributed by atoms with Crippen LogP contribution in [0.15, 0.2) is 12.2 Å². The number of allylic oxidation sites excluding steroid dienone is 2. The fourth-order valence-electron chi connectivity index (χ4n) is 1.46. The molecule has 0 rings (SSSR count). The monoisotopic (exact) mass is 201 g/mol. The van der Waals surface area contributed by atoms with Gasteiger partial charge in [0.1, 0.15) is 0 Å². The van der Waals surface area contributed by atoms with Crippen LogP contribution in [0.4, 0.5) is 0 Å². The van der Waals surface area contributed by atoms with Gasteiger partial charge in [-0.15, -0.1) is 0 Å². The van der Waals surface area contributed by atoms with Gasteiger partial charge in [0.05, 0.1) is 0 Å². The van der Waals surface area contributed by atoms with E-state index in [2.05, 4.69) is 51.5 Å². The largest absolute Gasteiger partial charge is 0.267 e.